The third-order valence-electron chi connectivity index (χ3n) is 6.53. The van der Waals surface area contributed by atoms with Crippen molar-refractivity contribution >= 4 is 8.70 Å². The molecule has 0 aromatic heterocycles. The molecule has 0 bridgehead atoms. The predicted molar refractivity (Wildman–Crippen MR) is 131 cm³/mol. The summed E-state index contributed by atoms with van der Waals surface area (Å²) in [5.41, 5.74) is 8.59. The van der Waals surface area contributed by atoms with Crippen LogP contribution in [0.4, 0.5) is 0 Å². The predicted octanol–water partition coefficient (Wildman–Crippen LogP) is 7.55. The minimum atomic E-state index is -2.12. The number of hydrogen-bond acceptors (Lipinski definition) is 0. The van der Waals surface area contributed by atoms with Gasteiger partial charge in [-0.3, -0.25) is 0 Å². The molecule has 2 aliphatic rings. The Labute approximate surface area is 191 Å². The molecule has 0 spiro atoms. The molecule has 0 saturated carbocycles. The van der Waals surface area contributed by atoms with Crippen molar-refractivity contribution in [3.05, 3.63) is 74.1 Å². The molecular formula is C28H36SiZr. The fourth-order valence-corrected chi connectivity index (χ4v) is 33.3. The third kappa shape index (κ3) is 3.95. The van der Waals surface area contributed by atoms with Crippen molar-refractivity contribution in [2.45, 2.75) is 78.3 Å². The first-order chi connectivity index (χ1) is 14.0. The molecular weight excluding hydrogens is 456 g/mol. The van der Waals surface area contributed by atoms with E-state index in [1.54, 1.807) is 16.7 Å². The average Bonchev–Trinajstić information content (AvgIpc) is 3.24. The summed E-state index contributed by atoms with van der Waals surface area (Å²) in [4.78, 5) is 0. The maximum absolute atomic E-state index is 2.53. The summed E-state index contributed by atoms with van der Waals surface area (Å²) in [6.07, 6.45) is 9.58. The molecule has 0 radical (unpaired) electrons. The van der Waals surface area contributed by atoms with Gasteiger partial charge in [-0.1, -0.05) is 0 Å². The van der Waals surface area contributed by atoms with E-state index >= 15 is 0 Å². The standard InChI is InChI=1S/C15H13.C8H18Si.C5H5.Zr/c1-10-3-5-14-12(7-10)9-13-8-11(2)4-6-15(13)14;1-7(2,3)9-8(4,5)6;1-2-4-5-3-1;/h3-7H,9H2,1-2H3;1-6H3;1-3H,4H2;. The van der Waals surface area contributed by atoms with Gasteiger partial charge < -0.3 is 0 Å². The van der Waals surface area contributed by atoms with Crippen molar-refractivity contribution in [3.63, 3.8) is 0 Å². The number of rotatable bonds is 2. The molecule has 2 aromatic rings. The molecule has 0 unspecified atom stereocenters. The molecule has 4 rings (SSSR count). The van der Waals surface area contributed by atoms with E-state index in [1.807, 2.05) is 6.55 Å². The zero-order valence-electron chi connectivity index (χ0n) is 20.0. The Morgan fingerprint density at radius 3 is 2.13 bits per heavy atom. The first-order valence-corrected chi connectivity index (χ1v) is 19.0. The fourth-order valence-electron chi connectivity index (χ4n) is 5.82. The van der Waals surface area contributed by atoms with Crippen LogP contribution in [-0.4, -0.2) is 5.43 Å². The average molecular weight is 492 g/mol. The van der Waals surface area contributed by atoms with Crippen LogP contribution in [0.1, 0.15) is 70.2 Å². The Kier molecular flexibility index (Phi) is 5.82. The molecule has 2 heteroatoms. The fraction of sp³-hybridized carbons (Fsp3) is 0.429. The number of aryl methyl sites for hydroxylation is 2. The zero-order valence-corrected chi connectivity index (χ0v) is 23.5. The van der Waals surface area contributed by atoms with Gasteiger partial charge in [0.15, 0.2) is 0 Å². The van der Waals surface area contributed by atoms with Gasteiger partial charge in [-0.05, 0) is 0 Å². The number of fused-ring (bicyclic) bond motifs is 3. The summed E-state index contributed by atoms with van der Waals surface area (Å²) in [6.45, 7) is 19.8. The molecule has 0 nitrogen and oxygen atoms in total. The van der Waals surface area contributed by atoms with E-state index in [1.165, 1.54) is 23.1 Å². The summed E-state index contributed by atoms with van der Waals surface area (Å²) in [6, 6.07) is 11.9. The Hall–Kier alpha value is -0.980. The second-order valence-electron chi connectivity index (χ2n) is 11.2. The van der Waals surface area contributed by atoms with Gasteiger partial charge in [-0.2, -0.15) is 0 Å². The van der Waals surface area contributed by atoms with Crippen molar-refractivity contribution in [1.29, 1.82) is 0 Å². The van der Waals surface area contributed by atoms with Crippen LogP contribution in [0.2, 0.25) is 10.1 Å². The molecule has 30 heavy (non-hydrogen) atoms. The van der Waals surface area contributed by atoms with Crippen LogP contribution in [0.3, 0.4) is 0 Å². The summed E-state index contributed by atoms with van der Waals surface area (Å²) in [7, 11) is 0. The first kappa shape index (κ1) is 22.2. The van der Waals surface area contributed by atoms with E-state index < -0.39 is 25.8 Å². The monoisotopic (exact) mass is 490 g/mol. The molecule has 0 N–H and O–H groups in total. The van der Waals surface area contributed by atoms with E-state index in [2.05, 4.69) is 104 Å². The molecule has 0 saturated heterocycles. The Morgan fingerprint density at radius 1 is 0.867 bits per heavy atom. The second-order valence-corrected chi connectivity index (χ2v) is 26.2. The van der Waals surface area contributed by atoms with Gasteiger partial charge in [-0.25, -0.2) is 0 Å². The van der Waals surface area contributed by atoms with Crippen LogP contribution < -0.4 is 3.27 Å². The van der Waals surface area contributed by atoms with Gasteiger partial charge in [0.25, 0.3) is 0 Å². The number of hydrogen-bond donors (Lipinski definition) is 0. The molecule has 156 valence electrons. The number of allylic oxidation sites excluding steroid dienone is 4. The van der Waals surface area contributed by atoms with Gasteiger partial charge in [-0.15, -0.1) is 0 Å². The Balaban J connectivity index is 2.07. The van der Waals surface area contributed by atoms with Crippen molar-refractivity contribution in [1.82, 2.24) is 0 Å². The molecule has 0 atom stereocenters. The van der Waals surface area contributed by atoms with Crippen LogP contribution in [0, 0.1) is 13.8 Å². The SMILES string of the molecule is Cc1ccc2c(c1)Cc1c-2ccc(C)[c]1[Zr]([C]1=CC=CC1)=[Si](C(C)(C)C)C(C)(C)C. The summed E-state index contributed by atoms with van der Waals surface area (Å²) >= 11 is -2.12. The second kappa shape index (κ2) is 7.86. The Bertz CT molecular complexity index is 1100. The van der Waals surface area contributed by atoms with E-state index in [0.717, 1.165) is 6.42 Å². The van der Waals surface area contributed by atoms with Crippen LogP contribution in [0.15, 0.2) is 51.8 Å². The van der Waals surface area contributed by atoms with E-state index in [0.29, 0.717) is 10.1 Å². The van der Waals surface area contributed by atoms with Gasteiger partial charge in [0.2, 0.25) is 0 Å². The number of benzene rings is 2. The van der Waals surface area contributed by atoms with E-state index in [-0.39, 0.29) is 0 Å². The van der Waals surface area contributed by atoms with E-state index in [4.69, 9.17) is 0 Å². The Morgan fingerprint density at radius 2 is 1.53 bits per heavy atom. The van der Waals surface area contributed by atoms with Crippen LogP contribution in [0.25, 0.3) is 11.1 Å². The first-order valence-electron chi connectivity index (χ1n) is 11.3. The molecule has 0 aliphatic heterocycles. The minimum absolute atomic E-state index is 0.401. The summed E-state index contributed by atoms with van der Waals surface area (Å²) in [5.74, 6) is 0. The normalized spacial score (nSPS) is 15.1. The van der Waals surface area contributed by atoms with Gasteiger partial charge in [0, 0.05) is 0 Å². The molecule has 0 heterocycles. The maximum atomic E-state index is 2.53. The molecule has 2 aromatic carbocycles. The van der Waals surface area contributed by atoms with Crippen molar-refractivity contribution in [2.24, 2.45) is 0 Å². The van der Waals surface area contributed by atoms with Crippen LogP contribution in [-0.2, 0) is 26.8 Å². The molecule has 0 amide bonds. The summed E-state index contributed by atoms with van der Waals surface area (Å²) in [5, 5.41) is 0.802. The van der Waals surface area contributed by atoms with E-state index in [9.17, 15) is 0 Å². The molecule has 2 aliphatic carbocycles. The van der Waals surface area contributed by atoms with Gasteiger partial charge >= 0.3 is 193 Å². The summed E-state index contributed by atoms with van der Waals surface area (Å²) < 4.78 is 3.68. The van der Waals surface area contributed by atoms with Gasteiger partial charge in [0.1, 0.15) is 0 Å². The van der Waals surface area contributed by atoms with Crippen molar-refractivity contribution < 1.29 is 20.4 Å². The van der Waals surface area contributed by atoms with Crippen molar-refractivity contribution in [3.8, 4) is 11.1 Å². The van der Waals surface area contributed by atoms with Crippen LogP contribution in [0.5, 0.6) is 0 Å². The quantitative estimate of drug-likeness (QED) is 0.325. The van der Waals surface area contributed by atoms with Gasteiger partial charge in [0.05, 0.1) is 0 Å². The zero-order chi connectivity index (χ0) is 21.8. The van der Waals surface area contributed by atoms with Crippen LogP contribution >= 0.6 is 0 Å². The van der Waals surface area contributed by atoms with Crippen molar-refractivity contribution in [2.75, 3.05) is 0 Å². The topological polar surface area (TPSA) is 0 Å². The molecule has 0 fully saturated rings. The third-order valence-corrected chi connectivity index (χ3v) is 33.6.